The minimum Gasteiger partial charge on any atom is -0.394 e. The minimum atomic E-state index is -3.12. The highest BCUT2D eigenvalue weighted by molar-refractivity contribution is 7.90. The third-order valence-electron chi connectivity index (χ3n) is 2.82. The fourth-order valence-corrected chi connectivity index (χ4v) is 2.26. The van der Waals surface area contributed by atoms with Crippen LogP contribution in [0.15, 0.2) is 0 Å². The van der Waals surface area contributed by atoms with Gasteiger partial charge in [0.2, 0.25) is 0 Å². The largest absolute Gasteiger partial charge is 0.394 e. The van der Waals surface area contributed by atoms with Crippen LogP contribution in [0.3, 0.4) is 0 Å². The van der Waals surface area contributed by atoms with Crippen molar-refractivity contribution in [3.05, 3.63) is 0 Å². The van der Waals surface area contributed by atoms with Crippen molar-refractivity contribution in [1.29, 1.82) is 0 Å². The molecule has 0 fully saturated rings. The standard InChI is InChI=1S/C10H23NO5S/c1-9(2)11(4-5-17(3,15)16)10(6-12,7-13)8-14/h9,12-14H,4-8H2,1-3H3. The van der Waals surface area contributed by atoms with Crippen LogP contribution >= 0.6 is 0 Å². The number of aliphatic hydroxyl groups is 3. The lowest BCUT2D eigenvalue weighted by molar-refractivity contribution is -0.0593. The fourth-order valence-electron chi connectivity index (χ4n) is 1.73. The van der Waals surface area contributed by atoms with E-state index in [0.717, 1.165) is 6.26 Å². The molecule has 0 aliphatic rings. The average Bonchev–Trinajstić information content (AvgIpc) is 2.22. The van der Waals surface area contributed by atoms with Gasteiger partial charge in [0, 0.05) is 18.8 Å². The summed E-state index contributed by atoms with van der Waals surface area (Å²) in [6.07, 6.45) is 1.13. The molecule has 0 heterocycles. The Morgan fingerprint density at radius 1 is 1.12 bits per heavy atom. The average molecular weight is 269 g/mol. The predicted octanol–water partition coefficient (Wildman–Crippen LogP) is -1.54. The number of sulfone groups is 1. The van der Waals surface area contributed by atoms with Gasteiger partial charge in [-0.3, -0.25) is 4.90 Å². The molecule has 17 heavy (non-hydrogen) atoms. The van der Waals surface area contributed by atoms with Crippen molar-refractivity contribution >= 4 is 9.84 Å². The molecule has 0 saturated carbocycles. The topological polar surface area (TPSA) is 98.1 Å². The van der Waals surface area contributed by atoms with Crippen LogP contribution in [-0.2, 0) is 9.84 Å². The molecule has 0 aromatic carbocycles. The van der Waals surface area contributed by atoms with Gasteiger partial charge in [0.15, 0.2) is 0 Å². The Hall–Kier alpha value is -0.210. The Kier molecular flexibility index (Phi) is 6.57. The van der Waals surface area contributed by atoms with Crippen molar-refractivity contribution in [2.75, 3.05) is 38.4 Å². The van der Waals surface area contributed by atoms with E-state index in [1.165, 1.54) is 0 Å². The van der Waals surface area contributed by atoms with Crippen molar-refractivity contribution in [2.45, 2.75) is 25.4 Å². The van der Waals surface area contributed by atoms with E-state index in [1.807, 2.05) is 13.8 Å². The zero-order valence-corrected chi connectivity index (χ0v) is 11.4. The lowest BCUT2D eigenvalue weighted by atomic mass is 9.98. The first-order valence-electron chi connectivity index (χ1n) is 5.49. The summed E-state index contributed by atoms with van der Waals surface area (Å²) in [5.74, 6) is -0.0765. The molecule has 0 aliphatic carbocycles. The summed E-state index contributed by atoms with van der Waals surface area (Å²) in [5.41, 5.74) is -1.18. The molecule has 3 N–H and O–H groups in total. The summed E-state index contributed by atoms with van der Waals surface area (Å²) in [4.78, 5) is 1.62. The Morgan fingerprint density at radius 2 is 1.53 bits per heavy atom. The number of rotatable bonds is 8. The second kappa shape index (κ2) is 6.65. The van der Waals surface area contributed by atoms with Crippen LogP contribution in [0, 0.1) is 0 Å². The first-order chi connectivity index (χ1) is 7.72. The Balaban J connectivity index is 4.94. The molecule has 0 bridgehead atoms. The van der Waals surface area contributed by atoms with Crippen LogP contribution in [0.2, 0.25) is 0 Å². The summed E-state index contributed by atoms with van der Waals surface area (Å²) in [7, 11) is -3.12. The molecule has 0 rings (SSSR count). The molecule has 0 saturated heterocycles. The van der Waals surface area contributed by atoms with Crippen molar-refractivity contribution in [3.8, 4) is 0 Å². The van der Waals surface area contributed by atoms with Gasteiger partial charge in [0.25, 0.3) is 0 Å². The van der Waals surface area contributed by atoms with Crippen LogP contribution in [0.4, 0.5) is 0 Å². The summed E-state index contributed by atoms with van der Waals surface area (Å²) < 4.78 is 22.3. The smallest absolute Gasteiger partial charge is 0.148 e. The normalized spacial score (nSPS) is 13.6. The summed E-state index contributed by atoms with van der Waals surface area (Å²) in [6, 6.07) is -0.0943. The lowest BCUT2D eigenvalue weighted by Gasteiger charge is -2.42. The highest BCUT2D eigenvalue weighted by Gasteiger charge is 2.37. The molecule has 7 heteroatoms. The van der Waals surface area contributed by atoms with E-state index in [2.05, 4.69) is 0 Å². The maximum absolute atomic E-state index is 11.1. The summed E-state index contributed by atoms with van der Waals surface area (Å²) in [6.45, 7) is 2.51. The van der Waals surface area contributed by atoms with E-state index < -0.39 is 35.2 Å². The summed E-state index contributed by atoms with van der Waals surface area (Å²) >= 11 is 0. The van der Waals surface area contributed by atoms with Gasteiger partial charge in [0.05, 0.1) is 31.1 Å². The number of nitrogens with zero attached hydrogens (tertiary/aromatic N) is 1. The first-order valence-corrected chi connectivity index (χ1v) is 7.55. The lowest BCUT2D eigenvalue weighted by Crippen LogP contribution is -2.60. The van der Waals surface area contributed by atoms with E-state index in [1.54, 1.807) is 4.90 Å². The molecule has 0 unspecified atom stereocenters. The maximum Gasteiger partial charge on any atom is 0.148 e. The zero-order valence-electron chi connectivity index (χ0n) is 10.6. The number of aliphatic hydroxyl groups excluding tert-OH is 3. The zero-order chi connectivity index (χ0) is 13.7. The van der Waals surface area contributed by atoms with Crippen molar-refractivity contribution in [3.63, 3.8) is 0 Å². The van der Waals surface area contributed by atoms with E-state index in [9.17, 15) is 23.7 Å². The van der Waals surface area contributed by atoms with Gasteiger partial charge in [-0.2, -0.15) is 0 Å². The van der Waals surface area contributed by atoms with Crippen LogP contribution in [0.1, 0.15) is 13.8 Å². The van der Waals surface area contributed by atoms with Crippen molar-refractivity contribution in [1.82, 2.24) is 4.90 Å². The highest BCUT2D eigenvalue weighted by Crippen LogP contribution is 2.17. The molecule has 0 atom stereocenters. The second-order valence-electron chi connectivity index (χ2n) is 4.62. The third kappa shape index (κ3) is 4.89. The van der Waals surface area contributed by atoms with Crippen LogP contribution in [0.5, 0.6) is 0 Å². The molecule has 0 aromatic heterocycles. The van der Waals surface area contributed by atoms with Gasteiger partial charge in [0.1, 0.15) is 9.84 Å². The molecule has 0 spiro atoms. The highest BCUT2D eigenvalue weighted by atomic mass is 32.2. The second-order valence-corrected chi connectivity index (χ2v) is 6.88. The fraction of sp³-hybridized carbons (Fsp3) is 1.00. The van der Waals surface area contributed by atoms with Crippen LogP contribution in [0.25, 0.3) is 0 Å². The Labute approximate surface area is 103 Å². The molecule has 0 radical (unpaired) electrons. The van der Waals surface area contributed by atoms with E-state index in [-0.39, 0.29) is 18.3 Å². The predicted molar refractivity (Wildman–Crippen MR) is 65.5 cm³/mol. The molecule has 0 aromatic rings. The van der Waals surface area contributed by atoms with E-state index in [4.69, 9.17) is 0 Å². The third-order valence-corrected chi connectivity index (χ3v) is 3.74. The quantitative estimate of drug-likeness (QED) is 0.494. The molecule has 104 valence electrons. The van der Waals surface area contributed by atoms with Crippen molar-refractivity contribution in [2.24, 2.45) is 0 Å². The Morgan fingerprint density at radius 3 is 1.76 bits per heavy atom. The number of hydrogen-bond acceptors (Lipinski definition) is 6. The van der Waals surface area contributed by atoms with E-state index >= 15 is 0 Å². The van der Waals surface area contributed by atoms with E-state index in [0.29, 0.717) is 0 Å². The maximum atomic E-state index is 11.1. The SMILES string of the molecule is CC(C)N(CCS(C)(=O)=O)C(CO)(CO)CO. The van der Waals surface area contributed by atoms with Crippen LogP contribution in [-0.4, -0.2) is 78.6 Å². The van der Waals surface area contributed by atoms with Gasteiger partial charge in [-0.15, -0.1) is 0 Å². The monoisotopic (exact) mass is 269 g/mol. The van der Waals surface area contributed by atoms with Gasteiger partial charge >= 0.3 is 0 Å². The first kappa shape index (κ1) is 16.8. The van der Waals surface area contributed by atoms with Gasteiger partial charge in [-0.05, 0) is 13.8 Å². The Bertz CT molecular complexity index is 302. The van der Waals surface area contributed by atoms with Crippen molar-refractivity contribution < 1.29 is 23.7 Å². The van der Waals surface area contributed by atoms with Gasteiger partial charge < -0.3 is 15.3 Å². The number of hydrogen-bond donors (Lipinski definition) is 3. The van der Waals surface area contributed by atoms with Gasteiger partial charge in [-0.25, -0.2) is 8.42 Å². The van der Waals surface area contributed by atoms with Crippen LogP contribution < -0.4 is 0 Å². The van der Waals surface area contributed by atoms with Gasteiger partial charge in [-0.1, -0.05) is 0 Å². The molecule has 0 aliphatic heterocycles. The minimum absolute atomic E-state index is 0.0765. The molecular weight excluding hydrogens is 246 g/mol. The molecule has 6 nitrogen and oxygen atoms in total. The summed E-state index contributed by atoms with van der Waals surface area (Å²) in [5, 5.41) is 27.9. The molecular formula is C10H23NO5S. The molecule has 0 amide bonds.